The van der Waals surface area contributed by atoms with Crippen molar-refractivity contribution >= 4 is 32.8 Å². The first-order chi connectivity index (χ1) is 16.5. The third kappa shape index (κ3) is 3.10. The summed E-state index contributed by atoms with van der Waals surface area (Å²) >= 11 is 0. The first kappa shape index (κ1) is 17.4. The highest BCUT2D eigenvalue weighted by Crippen LogP contribution is 2.42. The maximum Gasteiger partial charge on any atom is 0.227 e. The van der Waals surface area contributed by atoms with Crippen molar-refractivity contribution < 1.29 is 11.7 Å². The summed E-state index contributed by atoms with van der Waals surface area (Å²) in [6.45, 7) is 2.14. The van der Waals surface area contributed by atoms with Gasteiger partial charge in [-0.1, -0.05) is 56.4 Å². The van der Waals surface area contributed by atoms with Gasteiger partial charge in [-0.3, -0.25) is 0 Å². The lowest BCUT2D eigenvalue weighted by Crippen LogP contribution is -2.31. The van der Waals surface area contributed by atoms with E-state index in [9.17, 15) is 0 Å². The van der Waals surface area contributed by atoms with E-state index in [0.717, 1.165) is 69.8 Å². The highest BCUT2D eigenvalue weighted by Gasteiger charge is 2.25. The maximum absolute atomic E-state index is 9.05. The molecule has 3 aromatic heterocycles. The zero-order valence-corrected chi connectivity index (χ0v) is 18.7. The highest BCUT2D eigenvalue weighted by atomic mass is 16.3. The molecule has 0 atom stereocenters. The van der Waals surface area contributed by atoms with Gasteiger partial charge in [0.25, 0.3) is 0 Å². The number of benzene rings is 2. The molecule has 0 aliphatic heterocycles. The third-order valence-electron chi connectivity index (χ3n) is 7.05. The van der Waals surface area contributed by atoms with E-state index in [2.05, 4.69) is 46.8 Å². The predicted octanol–water partition coefficient (Wildman–Crippen LogP) is 7.06. The third-order valence-corrected chi connectivity index (χ3v) is 7.05. The molecule has 1 saturated carbocycles. The molecule has 6 rings (SSSR count). The molecule has 0 N–H and O–H groups in total. The molecule has 160 valence electrons. The SMILES string of the molecule is [2H]C([2H])(c1cc[n+](C)c(-c2c(C)c3ccccc3c3c2oc2ncccc23)c1)C1CCCCC1. The van der Waals surface area contributed by atoms with Crippen LogP contribution < -0.4 is 4.57 Å². The van der Waals surface area contributed by atoms with Crippen molar-refractivity contribution in [3.05, 3.63) is 72.1 Å². The van der Waals surface area contributed by atoms with Crippen LogP contribution in [-0.4, -0.2) is 4.98 Å². The molecule has 0 radical (unpaired) electrons. The summed E-state index contributed by atoms with van der Waals surface area (Å²) in [7, 11) is 2.02. The van der Waals surface area contributed by atoms with E-state index in [1.165, 1.54) is 11.8 Å². The van der Waals surface area contributed by atoms with Crippen LogP contribution in [0.2, 0.25) is 0 Å². The molecule has 0 spiro atoms. The topological polar surface area (TPSA) is 29.9 Å². The Hall–Kier alpha value is -3.20. The summed E-state index contributed by atoms with van der Waals surface area (Å²) in [5.74, 6) is 0.0647. The van der Waals surface area contributed by atoms with E-state index in [-0.39, 0.29) is 5.92 Å². The molecule has 3 heteroatoms. The van der Waals surface area contributed by atoms with Gasteiger partial charge in [0.05, 0.1) is 5.56 Å². The number of nitrogens with zero attached hydrogens (tertiary/aromatic N) is 2. The van der Waals surface area contributed by atoms with Gasteiger partial charge in [-0.05, 0) is 53.2 Å². The predicted molar refractivity (Wildman–Crippen MR) is 131 cm³/mol. The largest absolute Gasteiger partial charge is 0.437 e. The number of hydrogen-bond donors (Lipinski definition) is 0. The van der Waals surface area contributed by atoms with Crippen molar-refractivity contribution in [3.8, 4) is 11.3 Å². The van der Waals surface area contributed by atoms with Crippen LogP contribution in [0.5, 0.6) is 0 Å². The number of aromatic nitrogens is 2. The maximum atomic E-state index is 9.05. The molecular formula is C29H29N2O+. The first-order valence-electron chi connectivity index (χ1n) is 12.7. The molecule has 1 fully saturated rings. The number of aryl methyl sites for hydroxylation is 2. The molecule has 0 unspecified atom stereocenters. The van der Waals surface area contributed by atoms with E-state index in [0.29, 0.717) is 5.71 Å². The van der Waals surface area contributed by atoms with Crippen LogP contribution in [-0.2, 0) is 13.4 Å². The van der Waals surface area contributed by atoms with E-state index >= 15 is 0 Å². The lowest BCUT2D eigenvalue weighted by atomic mass is 9.84. The molecule has 32 heavy (non-hydrogen) atoms. The van der Waals surface area contributed by atoms with Crippen molar-refractivity contribution in [2.24, 2.45) is 13.0 Å². The van der Waals surface area contributed by atoms with Crippen LogP contribution in [0.15, 0.2) is 65.3 Å². The second-order valence-corrected chi connectivity index (χ2v) is 9.10. The first-order valence-corrected chi connectivity index (χ1v) is 11.7. The minimum atomic E-state index is -1.36. The molecule has 0 bridgehead atoms. The fraction of sp³-hybridized carbons (Fsp3) is 0.310. The van der Waals surface area contributed by atoms with Gasteiger partial charge in [-0.15, -0.1) is 0 Å². The zero-order chi connectivity index (χ0) is 23.4. The fourth-order valence-electron chi connectivity index (χ4n) is 5.41. The number of pyridine rings is 2. The van der Waals surface area contributed by atoms with Crippen LogP contribution in [0.25, 0.3) is 44.1 Å². The average Bonchev–Trinajstić information content (AvgIpc) is 3.25. The Morgan fingerprint density at radius 3 is 2.66 bits per heavy atom. The number of rotatable bonds is 3. The molecule has 3 nitrogen and oxygen atoms in total. The van der Waals surface area contributed by atoms with Crippen LogP contribution in [0.4, 0.5) is 0 Å². The van der Waals surface area contributed by atoms with Crippen molar-refractivity contribution in [1.82, 2.24) is 4.98 Å². The van der Waals surface area contributed by atoms with Crippen LogP contribution >= 0.6 is 0 Å². The van der Waals surface area contributed by atoms with Crippen molar-refractivity contribution in [2.75, 3.05) is 0 Å². The second kappa shape index (κ2) is 7.74. The molecule has 3 heterocycles. The lowest BCUT2D eigenvalue weighted by Gasteiger charge is -2.21. The molecule has 0 amide bonds. The zero-order valence-electron chi connectivity index (χ0n) is 20.7. The Balaban J connectivity index is 1.65. The van der Waals surface area contributed by atoms with Gasteiger partial charge in [-0.2, -0.15) is 0 Å². The van der Waals surface area contributed by atoms with Crippen LogP contribution in [0.1, 0.15) is 46.0 Å². The molecule has 5 aromatic rings. The molecule has 2 aromatic carbocycles. The van der Waals surface area contributed by atoms with Gasteiger partial charge in [0.15, 0.2) is 11.8 Å². The Morgan fingerprint density at radius 2 is 1.81 bits per heavy atom. The van der Waals surface area contributed by atoms with Gasteiger partial charge in [0.2, 0.25) is 11.4 Å². The monoisotopic (exact) mass is 423 g/mol. The molecule has 1 aliphatic carbocycles. The normalized spacial score (nSPS) is 16.6. The summed E-state index contributed by atoms with van der Waals surface area (Å²) in [5.41, 5.74) is 5.30. The van der Waals surface area contributed by atoms with Gasteiger partial charge < -0.3 is 4.42 Å². The summed E-state index contributed by atoms with van der Waals surface area (Å²) < 4.78 is 26.6. The second-order valence-electron chi connectivity index (χ2n) is 9.10. The van der Waals surface area contributed by atoms with E-state index in [4.69, 9.17) is 7.16 Å². The van der Waals surface area contributed by atoms with E-state index in [1.807, 2.05) is 31.4 Å². The van der Waals surface area contributed by atoms with Crippen molar-refractivity contribution in [1.29, 1.82) is 0 Å². The molecule has 1 aliphatic rings. The smallest absolute Gasteiger partial charge is 0.227 e. The van der Waals surface area contributed by atoms with Crippen LogP contribution in [0, 0.1) is 12.8 Å². The highest BCUT2D eigenvalue weighted by molar-refractivity contribution is 6.22. The van der Waals surface area contributed by atoms with Crippen molar-refractivity contribution in [2.45, 2.75) is 45.4 Å². The van der Waals surface area contributed by atoms with Gasteiger partial charge in [0.1, 0.15) is 7.05 Å². The minimum Gasteiger partial charge on any atom is -0.437 e. The van der Waals surface area contributed by atoms with E-state index < -0.39 is 6.37 Å². The molecular weight excluding hydrogens is 392 g/mol. The van der Waals surface area contributed by atoms with Crippen molar-refractivity contribution in [3.63, 3.8) is 0 Å². The standard InChI is InChI=1S/C29H29N2O/c1-19-22-11-6-7-12-23(22)27-24-13-8-15-30-29(24)32-28(27)26(19)25-18-21(14-16-31(25)2)17-20-9-4-3-5-10-20/h6-8,11-16,18,20H,3-5,9-10,17H2,1-2H3/q+1/i17D2. The van der Waals surface area contributed by atoms with Gasteiger partial charge in [0, 0.05) is 31.8 Å². The molecule has 0 saturated heterocycles. The number of furan rings is 1. The number of fused-ring (bicyclic) bond motifs is 5. The van der Waals surface area contributed by atoms with Crippen LogP contribution in [0.3, 0.4) is 0 Å². The summed E-state index contributed by atoms with van der Waals surface area (Å²) in [6, 6.07) is 16.5. The average molecular weight is 424 g/mol. The summed E-state index contributed by atoms with van der Waals surface area (Å²) in [6.07, 6.45) is 7.77. The lowest BCUT2D eigenvalue weighted by molar-refractivity contribution is -0.660. The fourth-order valence-corrected chi connectivity index (χ4v) is 5.41. The number of hydrogen-bond acceptors (Lipinski definition) is 2. The quantitative estimate of drug-likeness (QED) is 0.291. The summed E-state index contributed by atoms with van der Waals surface area (Å²) in [5, 5.41) is 4.41. The van der Waals surface area contributed by atoms with E-state index in [1.54, 1.807) is 6.20 Å². The Labute approximate surface area is 191 Å². The Morgan fingerprint density at radius 1 is 1.03 bits per heavy atom. The Kier molecular flexibility index (Phi) is 4.20. The summed E-state index contributed by atoms with van der Waals surface area (Å²) in [4.78, 5) is 4.50. The minimum absolute atomic E-state index is 0.0647. The van der Waals surface area contributed by atoms with Gasteiger partial charge in [-0.25, -0.2) is 9.55 Å². The van der Waals surface area contributed by atoms with Gasteiger partial charge >= 0.3 is 0 Å². The Bertz CT molecular complexity index is 1550.